The fourth-order valence-electron chi connectivity index (χ4n) is 4.49. The van der Waals surface area contributed by atoms with Gasteiger partial charge in [0.2, 0.25) is 17.7 Å². The summed E-state index contributed by atoms with van der Waals surface area (Å²) in [6.07, 6.45) is 3.41. The minimum atomic E-state index is -0.424. The van der Waals surface area contributed by atoms with Crippen LogP contribution < -0.4 is 11.1 Å². The van der Waals surface area contributed by atoms with Gasteiger partial charge in [-0.25, -0.2) is 0 Å². The smallest absolute Gasteiger partial charge is 0.245 e. The molecule has 0 aliphatic carbocycles. The van der Waals surface area contributed by atoms with Crippen LogP contribution in [0.3, 0.4) is 0 Å². The van der Waals surface area contributed by atoms with Gasteiger partial charge in [-0.3, -0.25) is 14.4 Å². The van der Waals surface area contributed by atoms with E-state index in [1.54, 1.807) is 0 Å². The number of piperazine rings is 1. The lowest BCUT2D eigenvalue weighted by atomic mass is 9.85. The summed E-state index contributed by atoms with van der Waals surface area (Å²) in [5.41, 5.74) is 5.26. The minimum absolute atomic E-state index is 0.0518. The molecule has 2 saturated heterocycles. The average Bonchev–Trinajstić information content (AvgIpc) is 2.60. The number of piperidine rings is 1. The summed E-state index contributed by atoms with van der Waals surface area (Å²) in [7, 11) is 0. The van der Waals surface area contributed by atoms with Crippen LogP contribution in [0.4, 0.5) is 0 Å². The number of nitrogens with one attached hydrogen (secondary N) is 1. The molecule has 0 spiro atoms. The third-order valence-corrected chi connectivity index (χ3v) is 5.91. The summed E-state index contributed by atoms with van der Waals surface area (Å²) in [5, 5.41) is 3.33. The molecule has 2 rings (SSSR count). The minimum Gasteiger partial charge on any atom is -0.370 e. The number of hydrogen-bond acceptors (Lipinski definition) is 4. The second kappa shape index (κ2) is 9.92. The van der Waals surface area contributed by atoms with Gasteiger partial charge in [-0.15, -0.1) is 0 Å². The first-order valence-electron chi connectivity index (χ1n) is 11.1. The SMILES string of the molecule is CC(C)C[C@@H]1NCCN([C@@H](CC(C)(C)C)C(=O)N2CCC(CC(N)=O)CC2)C1=O. The van der Waals surface area contributed by atoms with Gasteiger partial charge in [0.1, 0.15) is 6.04 Å². The van der Waals surface area contributed by atoms with Crippen molar-refractivity contribution in [1.29, 1.82) is 0 Å². The monoisotopic (exact) mass is 408 g/mol. The van der Waals surface area contributed by atoms with Crippen LogP contribution in [0.1, 0.15) is 66.7 Å². The zero-order valence-corrected chi connectivity index (χ0v) is 18.9. The van der Waals surface area contributed by atoms with Crippen LogP contribution in [-0.4, -0.2) is 65.8 Å². The van der Waals surface area contributed by atoms with Gasteiger partial charge in [0.25, 0.3) is 0 Å². The molecule has 29 heavy (non-hydrogen) atoms. The molecule has 0 aromatic rings. The van der Waals surface area contributed by atoms with Crippen LogP contribution in [-0.2, 0) is 14.4 Å². The maximum absolute atomic E-state index is 13.5. The number of rotatable bonds is 7. The Bertz CT molecular complexity index is 591. The van der Waals surface area contributed by atoms with Crippen LogP contribution >= 0.6 is 0 Å². The van der Waals surface area contributed by atoms with Crippen molar-refractivity contribution in [2.75, 3.05) is 26.2 Å². The van der Waals surface area contributed by atoms with E-state index in [1.807, 2.05) is 9.80 Å². The highest BCUT2D eigenvalue weighted by atomic mass is 16.2. The summed E-state index contributed by atoms with van der Waals surface area (Å²) in [5.74, 6) is 0.501. The zero-order chi connectivity index (χ0) is 21.8. The molecule has 2 aliphatic heterocycles. The molecule has 2 fully saturated rings. The fraction of sp³-hybridized carbons (Fsp3) is 0.864. The lowest BCUT2D eigenvalue weighted by Gasteiger charge is -2.43. The third kappa shape index (κ3) is 6.98. The standard InChI is InChI=1S/C22H40N4O3/c1-15(2)12-17-20(28)26(11-8-24-17)18(14-22(3,4)5)21(29)25-9-6-16(7-10-25)13-19(23)27/h15-18,24H,6-14H2,1-5H3,(H2,23,27)/t17-,18-/m0/s1. The van der Waals surface area contributed by atoms with Crippen molar-refractivity contribution in [3.05, 3.63) is 0 Å². The van der Waals surface area contributed by atoms with Crippen molar-refractivity contribution < 1.29 is 14.4 Å². The molecular weight excluding hydrogens is 368 g/mol. The molecule has 2 aliphatic rings. The first kappa shape index (κ1) is 23.6. The topological polar surface area (TPSA) is 95.7 Å². The molecule has 3 amide bonds. The van der Waals surface area contributed by atoms with E-state index in [2.05, 4.69) is 39.9 Å². The Morgan fingerprint density at radius 1 is 1.17 bits per heavy atom. The molecule has 7 heteroatoms. The lowest BCUT2D eigenvalue weighted by Crippen LogP contribution is -2.62. The molecule has 0 aromatic carbocycles. The van der Waals surface area contributed by atoms with Gasteiger partial charge in [-0.1, -0.05) is 34.6 Å². The van der Waals surface area contributed by atoms with E-state index < -0.39 is 6.04 Å². The van der Waals surface area contributed by atoms with Gasteiger partial charge >= 0.3 is 0 Å². The molecule has 0 unspecified atom stereocenters. The predicted molar refractivity (Wildman–Crippen MR) is 114 cm³/mol. The third-order valence-electron chi connectivity index (χ3n) is 5.91. The molecular formula is C22H40N4O3. The number of primary amides is 1. The Morgan fingerprint density at radius 2 is 1.79 bits per heavy atom. The Labute approximate surface area is 175 Å². The second-order valence-corrected chi connectivity index (χ2v) is 10.4. The van der Waals surface area contributed by atoms with E-state index in [9.17, 15) is 14.4 Å². The van der Waals surface area contributed by atoms with E-state index in [-0.39, 0.29) is 35.1 Å². The molecule has 2 atom stereocenters. The number of hydrogen-bond donors (Lipinski definition) is 2. The molecule has 2 heterocycles. The van der Waals surface area contributed by atoms with Crippen molar-refractivity contribution in [1.82, 2.24) is 15.1 Å². The van der Waals surface area contributed by atoms with Crippen molar-refractivity contribution >= 4 is 17.7 Å². The Balaban J connectivity index is 2.12. The quantitative estimate of drug-likeness (QED) is 0.671. The molecule has 0 aromatic heterocycles. The highest BCUT2D eigenvalue weighted by Crippen LogP contribution is 2.28. The van der Waals surface area contributed by atoms with Gasteiger partial charge in [0.05, 0.1) is 6.04 Å². The van der Waals surface area contributed by atoms with Crippen LogP contribution in [0.25, 0.3) is 0 Å². The van der Waals surface area contributed by atoms with Crippen LogP contribution in [0.5, 0.6) is 0 Å². The Hall–Kier alpha value is -1.63. The maximum atomic E-state index is 13.5. The summed E-state index contributed by atoms with van der Waals surface area (Å²) >= 11 is 0. The van der Waals surface area contributed by atoms with E-state index in [0.717, 1.165) is 25.8 Å². The maximum Gasteiger partial charge on any atom is 0.245 e. The first-order valence-corrected chi connectivity index (χ1v) is 11.1. The summed E-state index contributed by atoms with van der Waals surface area (Å²) < 4.78 is 0. The normalized spacial score (nSPS) is 22.8. The van der Waals surface area contributed by atoms with Crippen molar-refractivity contribution in [3.8, 4) is 0 Å². The van der Waals surface area contributed by atoms with Gasteiger partial charge < -0.3 is 20.9 Å². The summed E-state index contributed by atoms with van der Waals surface area (Å²) in [6, 6.07) is -0.632. The van der Waals surface area contributed by atoms with E-state index in [4.69, 9.17) is 5.73 Å². The number of nitrogens with two attached hydrogens (primary N) is 1. The van der Waals surface area contributed by atoms with Crippen molar-refractivity contribution in [3.63, 3.8) is 0 Å². The lowest BCUT2D eigenvalue weighted by molar-refractivity contribution is -0.151. The molecule has 0 radical (unpaired) electrons. The Kier molecular flexibility index (Phi) is 8.09. The van der Waals surface area contributed by atoms with Gasteiger partial charge in [-0.05, 0) is 42.9 Å². The molecule has 0 bridgehead atoms. The number of carbonyl (C=O) groups is 3. The second-order valence-electron chi connectivity index (χ2n) is 10.4. The molecule has 3 N–H and O–H groups in total. The van der Waals surface area contributed by atoms with Gasteiger partial charge in [-0.2, -0.15) is 0 Å². The van der Waals surface area contributed by atoms with Gasteiger partial charge in [0, 0.05) is 32.6 Å². The van der Waals surface area contributed by atoms with Gasteiger partial charge in [0.15, 0.2) is 0 Å². The highest BCUT2D eigenvalue weighted by molar-refractivity contribution is 5.90. The van der Waals surface area contributed by atoms with Crippen molar-refractivity contribution in [2.45, 2.75) is 78.8 Å². The van der Waals surface area contributed by atoms with E-state index >= 15 is 0 Å². The average molecular weight is 409 g/mol. The van der Waals surface area contributed by atoms with Crippen LogP contribution in [0, 0.1) is 17.3 Å². The molecule has 7 nitrogen and oxygen atoms in total. The highest BCUT2D eigenvalue weighted by Gasteiger charge is 2.40. The zero-order valence-electron chi connectivity index (χ0n) is 18.9. The van der Waals surface area contributed by atoms with Crippen LogP contribution in [0.15, 0.2) is 0 Å². The Morgan fingerprint density at radius 3 is 2.31 bits per heavy atom. The molecule has 166 valence electrons. The first-order chi connectivity index (χ1) is 13.5. The number of amides is 3. The van der Waals surface area contributed by atoms with Crippen molar-refractivity contribution in [2.24, 2.45) is 23.0 Å². The predicted octanol–water partition coefficient (Wildman–Crippen LogP) is 1.75. The number of likely N-dealkylation sites (tertiary alicyclic amines) is 1. The van der Waals surface area contributed by atoms with Crippen LogP contribution in [0.2, 0.25) is 0 Å². The van der Waals surface area contributed by atoms with E-state index in [0.29, 0.717) is 38.4 Å². The fourth-order valence-corrected chi connectivity index (χ4v) is 4.49. The largest absolute Gasteiger partial charge is 0.370 e. The summed E-state index contributed by atoms with van der Waals surface area (Å²) in [6.45, 7) is 13.1. The number of nitrogens with zero attached hydrogens (tertiary/aromatic N) is 2. The van der Waals surface area contributed by atoms with E-state index in [1.165, 1.54) is 0 Å². The number of carbonyl (C=O) groups excluding carboxylic acids is 3. The summed E-state index contributed by atoms with van der Waals surface area (Å²) in [4.78, 5) is 41.6. The molecule has 0 saturated carbocycles.